The molecular formula is C15H25N3O2S. The first kappa shape index (κ1) is 15.9. The summed E-state index contributed by atoms with van der Waals surface area (Å²) in [6.45, 7) is 8.20. The Kier molecular flexibility index (Phi) is 4.98. The smallest absolute Gasteiger partial charge is 0.263 e. The number of nitrogen functional groups attached to an aromatic ring is 1. The summed E-state index contributed by atoms with van der Waals surface area (Å²) in [6.07, 6.45) is 2.35. The first-order valence-electron chi connectivity index (χ1n) is 7.50. The summed E-state index contributed by atoms with van der Waals surface area (Å²) >= 11 is 1.43. The van der Waals surface area contributed by atoms with Crippen molar-refractivity contribution in [3.8, 4) is 5.75 Å². The molecule has 0 spiro atoms. The molecule has 0 aliphatic carbocycles. The van der Waals surface area contributed by atoms with Crippen molar-refractivity contribution >= 4 is 27.9 Å². The van der Waals surface area contributed by atoms with Crippen LogP contribution in [0.15, 0.2) is 0 Å². The Morgan fingerprint density at radius 3 is 2.57 bits per heavy atom. The zero-order valence-electron chi connectivity index (χ0n) is 13.2. The van der Waals surface area contributed by atoms with Crippen molar-refractivity contribution in [1.29, 1.82) is 0 Å². The quantitative estimate of drug-likeness (QED) is 0.897. The van der Waals surface area contributed by atoms with Gasteiger partial charge in [-0.05, 0) is 32.6 Å². The highest BCUT2D eigenvalue weighted by Gasteiger charge is 2.27. The van der Waals surface area contributed by atoms with E-state index >= 15 is 0 Å². The van der Waals surface area contributed by atoms with Crippen molar-refractivity contribution in [2.24, 2.45) is 5.92 Å². The number of nitrogens with two attached hydrogens (primary N) is 1. The normalized spacial score (nSPS) is 16.3. The van der Waals surface area contributed by atoms with Crippen LogP contribution in [0.3, 0.4) is 0 Å². The average Bonchev–Trinajstić information content (AvgIpc) is 2.76. The van der Waals surface area contributed by atoms with Crippen LogP contribution in [-0.4, -0.2) is 32.1 Å². The summed E-state index contributed by atoms with van der Waals surface area (Å²) < 4.78 is 5.90. The van der Waals surface area contributed by atoms with Crippen LogP contribution in [0.25, 0.3) is 0 Å². The van der Waals surface area contributed by atoms with Gasteiger partial charge in [0.25, 0.3) is 5.91 Å². The molecule has 1 aliphatic rings. The molecule has 0 radical (unpaired) electrons. The van der Waals surface area contributed by atoms with E-state index in [1.165, 1.54) is 11.3 Å². The molecule has 1 saturated heterocycles. The number of nitrogens with one attached hydrogen (secondary N) is 1. The topological polar surface area (TPSA) is 67.6 Å². The Hall–Kier alpha value is -1.43. The van der Waals surface area contributed by atoms with Gasteiger partial charge in [0.05, 0.1) is 6.10 Å². The van der Waals surface area contributed by atoms with Gasteiger partial charge in [0.15, 0.2) is 5.75 Å². The van der Waals surface area contributed by atoms with Crippen LogP contribution in [-0.2, 0) is 0 Å². The number of anilines is 2. The molecule has 2 heterocycles. The Bertz CT molecular complexity index is 505. The van der Waals surface area contributed by atoms with Crippen molar-refractivity contribution in [2.45, 2.75) is 39.7 Å². The fourth-order valence-electron chi connectivity index (χ4n) is 2.47. The molecule has 1 aliphatic heterocycles. The minimum Gasteiger partial charge on any atom is -0.486 e. The molecule has 2 rings (SSSR count). The van der Waals surface area contributed by atoms with E-state index in [9.17, 15) is 4.79 Å². The van der Waals surface area contributed by atoms with Crippen molar-refractivity contribution in [2.75, 3.05) is 30.8 Å². The molecule has 0 bridgehead atoms. The molecule has 0 saturated carbocycles. The second-order valence-corrected chi connectivity index (χ2v) is 6.89. The van der Waals surface area contributed by atoms with Gasteiger partial charge in [-0.1, -0.05) is 6.92 Å². The van der Waals surface area contributed by atoms with E-state index in [2.05, 4.69) is 17.1 Å². The number of piperidine rings is 1. The maximum atomic E-state index is 12.0. The van der Waals surface area contributed by atoms with Gasteiger partial charge in [0.1, 0.15) is 15.6 Å². The predicted molar refractivity (Wildman–Crippen MR) is 88.5 cm³/mol. The number of thiophene rings is 1. The van der Waals surface area contributed by atoms with E-state index in [0.29, 0.717) is 16.3 Å². The largest absolute Gasteiger partial charge is 0.486 e. The lowest BCUT2D eigenvalue weighted by Gasteiger charge is -2.31. The molecule has 0 atom stereocenters. The van der Waals surface area contributed by atoms with Crippen molar-refractivity contribution in [3.05, 3.63) is 4.88 Å². The van der Waals surface area contributed by atoms with Crippen molar-refractivity contribution in [1.82, 2.24) is 5.32 Å². The van der Waals surface area contributed by atoms with Crippen LogP contribution in [0.4, 0.5) is 10.7 Å². The molecular weight excluding hydrogens is 286 g/mol. The minimum absolute atomic E-state index is 0.0295. The highest BCUT2D eigenvalue weighted by molar-refractivity contribution is 7.19. The second-order valence-electron chi connectivity index (χ2n) is 5.89. The number of carbonyl (C=O) groups is 1. The van der Waals surface area contributed by atoms with Crippen LogP contribution in [0.2, 0.25) is 0 Å². The number of nitrogens with zero attached hydrogens (tertiary/aromatic N) is 1. The van der Waals surface area contributed by atoms with Crippen LogP contribution in [0, 0.1) is 5.92 Å². The molecule has 21 heavy (non-hydrogen) atoms. The average molecular weight is 311 g/mol. The van der Waals surface area contributed by atoms with Gasteiger partial charge in [0.2, 0.25) is 0 Å². The fourth-order valence-corrected chi connectivity index (χ4v) is 3.62. The number of amides is 1. The SMILES string of the molecule is CNC(=O)c1sc(N2CCC(C)CC2)c(OC(C)C)c1N. The molecule has 1 aromatic heterocycles. The van der Waals surface area contributed by atoms with Gasteiger partial charge in [-0.3, -0.25) is 4.79 Å². The first-order chi connectivity index (χ1) is 9.93. The maximum absolute atomic E-state index is 12.0. The van der Waals surface area contributed by atoms with Crippen LogP contribution < -0.4 is 20.7 Å². The van der Waals surface area contributed by atoms with E-state index in [4.69, 9.17) is 10.5 Å². The Labute approximate surface area is 130 Å². The maximum Gasteiger partial charge on any atom is 0.263 e. The highest BCUT2D eigenvalue weighted by Crippen LogP contribution is 2.46. The van der Waals surface area contributed by atoms with E-state index < -0.39 is 0 Å². The highest BCUT2D eigenvalue weighted by atomic mass is 32.1. The van der Waals surface area contributed by atoms with E-state index in [0.717, 1.165) is 36.9 Å². The van der Waals surface area contributed by atoms with Crippen LogP contribution in [0.1, 0.15) is 43.3 Å². The number of hydrogen-bond acceptors (Lipinski definition) is 5. The molecule has 6 heteroatoms. The van der Waals surface area contributed by atoms with Crippen LogP contribution in [0.5, 0.6) is 5.75 Å². The Morgan fingerprint density at radius 1 is 1.43 bits per heavy atom. The second kappa shape index (κ2) is 6.56. The molecule has 118 valence electrons. The van der Waals surface area contributed by atoms with Gasteiger partial charge < -0.3 is 20.7 Å². The lowest BCUT2D eigenvalue weighted by molar-refractivity contribution is 0.0967. The van der Waals surface area contributed by atoms with E-state index in [1.807, 2.05) is 13.8 Å². The number of carbonyl (C=O) groups excluding carboxylic acids is 1. The molecule has 1 aromatic rings. The first-order valence-corrected chi connectivity index (χ1v) is 8.31. The third-order valence-corrected chi connectivity index (χ3v) is 4.99. The molecule has 1 amide bonds. The molecule has 3 N–H and O–H groups in total. The zero-order chi connectivity index (χ0) is 15.6. The summed E-state index contributed by atoms with van der Waals surface area (Å²) in [7, 11) is 1.62. The summed E-state index contributed by atoms with van der Waals surface area (Å²) in [5.74, 6) is 1.28. The lowest BCUT2D eigenvalue weighted by Crippen LogP contribution is -2.32. The minimum atomic E-state index is -0.150. The summed E-state index contributed by atoms with van der Waals surface area (Å²) in [5.41, 5.74) is 6.62. The van der Waals surface area contributed by atoms with Gasteiger partial charge in [-0.25, -0.2) is 0 Å². The number of ether oxygens (including phenoxy) is 1. The zero-order valence-corrected chi connectivity index (χ0v) is 14.0. The van der Waals surface area contributed by atoms with Gasteiger partial charge in [-0.15, -0.1) is 11.3 Å². The molecule has 1 fully saturated rings. The van der Waals surface area contributed by atoms with Gasteiger partial charge in [0, 0.05) is 20.1 Å². The van der Waals surface area contributed by atoms with E-state index in [1.54, 1.807) is 7.05 Å². The van der Waals surface area contributed by atoms with Crippen molar-refractivity contribution < 1.29 is 9.53 Å². The monoisotopic (exact) mass is 311 g/mol. The molecule has 5 nitrogen and oxygen atoms in total. The Morgan fingerprint density at radius 2 is 2.05 bits per heavy atom. The fraction of sp³-hybridized carbons (Fsp3) is 0.667. The lowest BCUT2D eigenvalue weighted by atomic mass is 9.99. The standard InChI is InChI=1S/C15H25N3O2S/c1-9(2)20-12-11(16)13(14(19)17-4)21-15(12)18-7-5-10(3)6-8-18/h9-10H,5-8,16H2,1-4H3,(H,17,19). The summed E-state index contributed by atoms with van der Waals surface area (Å²) in [6, 6.07) is 0. The summed E-state index contributed by atoms with van der Waals surface area (Å²) in [4.78, 5) is 14.8. The van der Waals surface area contributed by atoms with Crippen LogP contribution >= 0.6 is 11.3 Å². The molecule has 0 aromatic carbocycles. The summed E-state index contributed by atoms with van der Waals surface area (Å²) in [5, 5.41) is 3.64. The third kappa shape index (κ3) is 3.43. The van der Waals surface area contributed by atoms with E-state index in [-0.39, 0.29) is 12.0 Å². The number of hydrogen-bond donors (Lipinski definition) is 2. The van der Waals surface area contributed by atoms with Gasteiger partial charge in [-0.2, -0.15) is 0 Å². The molecule has 0 unspecified atom stereocenters. The number of rotatable bonds is 4. The Balaban J connectivity index is 2.35. The van der Waals surface area contributed by atoms with Crippen molar-refractivity contribution in [3.63, 3.8) is 0 Å². The predicted octanol–water partition coefficient (Wildman–Crippen LogP) is 2.71. The third-order valence-electron chi connectivity index (χ3n) is 3.74. The van der Waals surface area contributed by atoms with Gasteiger partial charge >= 0.3 is 0 Å².